The molecule has 2 heterocycles. The van der Waals surface area contributed by atoms with Crippen molar-refractivity contribution in [3.05, 3.63) is 93.3 Å². The molecule has 5 rings (SSSR count). The highest BCUT2D eigenvalue weighted by atomic mass is 79.9. The third kappa shape index (κ3) is 3.76. The van der Waals surface area contributed by atoms with E-state index in [4.69, 9.17) is 0 Å². The van der Waals surface area contributed by atoms with Gasteiger partial charge in [0.25, 0.3) is 5.91 Å². The summed E-state index contributed by atoms with van der Waals surface area (Å²) in [6.45, 7) is 0. The van der Waals surface area contributed by atoms with E-state index in [9.17, 15) is 14.0 Å². The predicted molar refractivity (Wildman–Crippen MR) is 127 cm³/mol. The van der Waals surface area contributed by atoms with Crippen LogP contribution in [0.1, 0.15) is 10.5 Å². The normalized spacial score (nSPS) is 11.1. The van der Waals surface area contributed by atoms with E-state index in [1.165, 1.54) is 6.07 Å². The molecule has 5 aromatic rings. The number of aromatic nitrogens is 3. The number of amides is 1. The lowest BCUT2D eigenvalue weighted by Crippen LogP contribution is -2.16. The first-order valence-corrected chi connectivity index (χ1v) is 10.7. The van der Waals surface area contributed by atoms with Gasteiger partial charge in [-0.05, 0) is 30.3 Å². The second kappa shape index (κ2) is 8.18. The van der Waals surface area contributed by atoms with E-state index in [0.29, 0.717) is 28.1 Å². The zero-order valence-corrected chi connectivity index (χ0v) is 18.8. The summed E-state index contributed by atoms with van der Waals surface area (Å²) >= 11 is 3.38. The molecule has 1 amide bonds. The Balaban J connectivity index is 1.57. The molecule has 0 aliphatic rings. The second-order valence-corrected chi connectivity index (χ2v) is 8.32. The number of halogens is 2. The van der Waals surface area contributed by atoms with E-state index in [0.717, 1.165) is 15.4 Å². The number of rotatable bonds is 4. The molecule has 164 valence electrons. The number of carbonyl (C=O) groups is 1. The minimum absolute atomic E-state index is 0.190. The van der Waals surface area contributed by atoms with Crippen molar-refractivity contribution in [3.63, 3.8) is 0 Å². The Hall–Kier alpha value is -3.98. The van der Waals surface area contributed by atoms with Crippen molar-refractivity contribution in [2.45, 2.75) is 0 Å². The number of nitrogens with zero attached hydrogens (tertiary/aromatic N) is 2. The summed E-state index contributed by atoms with van der Waals surface area (Å²) < 4.78 is 21.6. The number of carbonyl (C=O) groups excluding carboxylic acids is 1. The molecule has 0 aliphatic carbocycles. The van der Waals surface area contributed by atoms with Gasteiger partial charge in [-0.25, -0.2) is 9.18 Å². The molecule has 0 bridgehead atoms. The number of H-pyrrole nitrogens is 1. The molecule has 0 aliphatic heterocycles. The number of aryl methyl sites for hydroxylation is 1. The number of hydrogen-bond donors (Lipinski definition) is 2. The predicted octanol–water partition coefficient (Wildman–Crippen LogP) is 5.34. The Bertz CT molecular complexity index is 1580. The van der Waals surface area contributed by atoms with E-state index >= 15 is 0 Å². The maximum Gasteiger partial charge on any atom is 0.439 e. The van der Waals surface area contributed by atoms with Crippen LogP contribution in [-0.2, 0) is 7.05 Å². The zero-order valence-electron chi connectivity index (χ0n) is 17.2. The van der Waals surface area contributed by atoms with Crippen LogP contribution in [0, 0.1) is 5.82 Å². The van der Waals surface area contributed by atoms with Gasteiger partial charge in [0.15, 0.2) is 5.82 Å². The van der Waals surface area contributed by atoms with Crippen molar-refractivity contribution in [3.8, 4) is 22.5 Å². The highest BCUT2D eigenvalue weighted by molar-refractivity contribution is 9.10. The minimum Gasteiger partial charge on any atom is -0.339 e. The summed E-state index contributed by atoms with van der Waals surface area (Å²) in [5.74, 6) is -1.21. The summed E-state index contributed by atoms with van der Waals surface area (Å²) in [7, 11) is 1.76. The zero-order chi connectivity index (χ0) is 23.1. The molecule has 0 atom stereocenters. The van der Waals surface area contributed by atoms with Crippen molar-refractivity contribution in [2.75, 3.05) is 5.32 Å². The first-order valence-electron chi connectivity index (χ1n) is 9.93. The molecule has 0 saturated carbocycles. The number of benzene rings is 3. The summed E-state index contributed by atoms with van der Waals surface area (Å²) in [5.41, 5.74) is 3.20. The van der Waals surface area contributed by atoms with Crippen molar-refractivity contribution in [2.24, 2.45) is 7.05 Å². The number of anilines is 1. The van der Waals surface area contributed by atoms with Crippen LogP contribution in [0.25, 0.3) is 33.4 Å². The molecule has 9 heteroatoms. The number of aromatic amines is 1. The third-order valence-corrected chi connectivity index (χ3v) is 5.87. The smallest absolute Gasteiger partial charge is 0.339 e. The van der Waals surface area contributed by atoms with Crippen molar-refractivity contribution in [1.29, 1.82) is 0 Å². The lowest BCUT2D eigenvalue weighted by atomic mass is 10.0. The molecule has 0 fully saturated rings. The Morgan fingerprint density at radius 1 is 1.06 bits per heavy atom. The topological polar surface area (TPSA) is 92.9 Å². The van der Waals surface area contributed by atoms with Gasteiger partial charge in [0.05, 0.1) is 11.2 Å². The SMILES string of the molecule is Cn1c(C(=O)Nc2ccc(Br)cc2-c2noc(=O)[nH]2)cc2cccc(-c3ccccc3F)c21. The van der Waals surface area contributed by atoms with E-state index in [2.05, 4.69) is 35.9 Å². The summed E-state index contributed by atoms with van der Waals surface area (Å²) in [6, 6.07) is 19.0. The lowest BCUT2D eigenvalue weighted by molar-refractivity contribution is 0.102. The lowest BCUT2D eigenvalue weighted by Gasteiger charge is -2.11. The molecule has 3 aromatic carbocycles. The standard InChI is InChI=1S/C24H16BrFN4O3/c1-30-20(11-13-5-4-7-16(21(13)30)15-6-2-3-8-18(15)26)23(31)27-19-10-9-14(25)12-17(19)22-28-24(32)33-29-22/h2-12H,1H3,(H,27,31)(H,28,29,32). The maximum absolute atomic E-state index is 14.5. The van der Waals surface area contributed by atoms with E-state index in [1.54, 1.807) is 54.1 Å². The van der Waals surface area contributed by atoms with Gasteiger partial charge >= 0.3 is 5.76 Å². The fraction of sp³-hybridized carbons (Fsp3) is 0.0417. The molecule has 33 heavy (non-hydrogen) atoms. The fourth-order valence-corrected chi connectivity index (χ4v) is 4.25. The highest BCUT2D eigenvalue weighted by Crippen LogP contribution is 2.33. The van der Waals surface area contributed by atoms with Crippen LogP contribution in [0.4, 0.5) is 10.1 Å². The Labute approximate surface area is 195 Å². The number of para-hydroxylation sites is 1. The van der Waals surface area contributed by atoms with Gasteiger partial charge in [0.2, 0.25) is 0 Å². The summed E-state index contributed by atoms with van der Waals surface area (Å²) in [6.07, 6.45) is 0. The van der Waals surface area contributed by atoms with Crippen LogP contribution in [0.3, 0.4) is 0 Å². The van der Waals surface area contributed by atoms with Gasteiger partial charge in [-0.2, -0.15) is 0 Å². The molecular weight excluding hydrogens is 491 g/mol. The molecule has 7 nitrogen and oxygen atoms in total. The van der Waals surface area contributed by atoms with Crippen molar-refractivity contribution in [1.82, 2.24) is 14.7 Å². The van der Waals surface area contributed by atoms with E-state index < -0.39 is 5.76 Å². The van der Waals surface area contributed by atoms with E-state index in [1.807, 2.05) is 18.2 Å². The van der Waals surface area contributed by atoms with Gasteiger partial charge in [0, 0.05) is 33.6 Å². The average molecular weight is 507 g/mol. The molecular formula is C24H16BrFN4O3. The Morgan fingerprint density at radius 3 is 2.61 bits per heavy atom. The monoisotopic (exact) mass is 506 g/mol. The Kier molecular flexibility index (Phi) is 5.18. The van der Waals surface area contributed by atoms with Crippen molar-refractivity contribution >= 4 is 38.4 Å². The fourth-order valence-electron chi connectivity index (χ4n) is 3.89. The van der Waals surface area contributed by atoms with Gasteiger partial charge < -0.3 is 9.88 Å². The molecule has 0 radical (unpaired) electrons. The van der Waals surface area contributed by atoms with E-state index in [-0.39, 0.29) is 17.5 Å². The van der Waals surface area contributed by atoms with Crippen LogP contribution >= 0.6 is 15.9 Å². The largest absolute Gasteiger partial charge is 0.439 e. The quantitative estimate of drug-likeness (QED) is 0.344. The molecule has 2 N–H and O–H groups in total. The molecule has 0 spiro atoms. The van der Waals surface area contributed by atoms with Crippen LogP contribution in [0.2, 0.25) is 0 Å². The van der Waals surface area contributed by atoms with Gasteiger partial charge in [-0.15, -0.1) is 0 Å². The Morgan fingerprint density at radius 2 is 1.85 bits per heavy atom. The number of nitrogens with one attached hydrogen (secondary N) is 2. The maximum atomic E-state index is 14.5. The third-order valence-electron chi connectivity index (χ3n) is 5.38. The summed E-state index contributed by atoms with van der Waals surface area (Å²) in [5, 5.41) is 7.40. The van der Waals surface area contributed by atoms with Crippen molar-refractivity contribution < 1.29 is 13.7 Å². The van der Waals surface area contributed by atoms with Crippen LogP contribution in [0.15, 0.2) is 80.5 Å². The average Bonchev–Trinajstić information content (AvgIpc) is 3.38. The van der Waals surface area contributed by atoms with Crippen LogP contribution in [-0.4, -0.2) is 20.6 Å². The second-order valence-electron chi connectivity index (χ2n) is 7.40. The van der Waals surface area contributed by atoms with Gasteiger partial charge in [-0.3, -0.25) is 14.3 Å². The molecule has 0 unspecified atom stereocenters. The molecule has 2 aromatic heterocycles. The highest BCUT2D eigenvalue weighted by Gasteiger charge is 2.19. The minimum atomic E-state index is -0.698. The van der Waals surface area contributed by atoms with Crippen LogP contribution < -0.4 is 11.1 Å². The summed E-state index contributed by atoms with van der Waals surface area (Å²) in [4.78, 5) is 27.2. The number of hydrogen-bond acceptors (Lipinski definition) is 4. The number of fused-ring (bicyclic) bond motifs is 1. The first kappa shape index (κ1) is 20.9. The van der Waals surface area contributed by atoms with Crippen LogP contribution in [0.5, 0.6) is 0 Å². The first-order chi connectivity index (χ1) is 15.9. The van der Waals surface area contributed by atoms with Gasteiger partial charge in [-0.1, -0.05) is 57.5 Å². The van der Waals surface area contributed by atoms with Gasteiger partial charge in [0.1, 0.15) is 11.5 Å². The molecule has 0 saturated heterocycles.